The standard InChI is InChI=1S/C19H31N5OS/c1-15-11-16(2)14-24(13-15)18-4-3-17(12-21-18)22-19(26)20-5-6-23-7-9-25-10-8-23/h3-4,12,15-16H,5-11,13-14H2,1-2H3,(H2,20,22,26)/t15-,16+. The van der Waals surface area contributed by atoms with E-state index in [-0.39, 0.29) is 0 Å². The van der Waals surface area contributed by atoms with Crippen molar-refractivity contribution in [2.75, 3.05) is 62.7 Å². The van der Waals surface area contributed by atoms with Crippen LogP contribution in [0.3, 0.4) is 0 Å². The van der Waals surface area contributed by atoms with Gasteiger partial charge in [0.25, 0.3) is 0 Å². The average Bonchev–Trinajstić information content (AvgIpc) is 2.62. The number of thiocarbonyl (C=S) groups is 1. The molecule has 2 saturated heterocycles. The second kappa shape index (κ2) is 9.48. The molecule has 0 saturated carbocycles. The first-order valence-corrected chi connectivity index (χ1v) is 10.1. The van der Waals surface area contributed by atoms with E-state index in [0.29, 0.717) is 5.11 Å². The Morgan fingerprint density at radius 2 is 1.96 bits per heavy atom. The third-order valence-electron chi connectivity index (χ3n) is 5.02. The Morgan fingerprint density at radius 3 is 2.62 bits per heavy atom. The van der Waals surface area contributed by atoms with E-state index in [4.69, 9.17) is 17.0 Å². The van der Waals surface area contributed by atoms with Crippen molar-refractivity contribution in [3.05, 3.63) is 18.3 Å². The first-order chi connectivity index (χ1) is 12.6. The molecule has 1 aromatic rings. The van der Waals surface area contributed by atoms with Gasteiger partial charge in [0.1, 0.15) is 5.82 Å². The maximum atomic E-state index is 5.39. The van der Waals surface area contributed by atoms with Gasteiger partial charge < -0.3 is 20.3 Å². The van der Waals surface area contributed by atoms with Crippen LogP contribution in [0, 0.1) is 11.8 Å². The Labute approximate surface area is 162 Å². The zero-order chi connectivity index (χ0) is 18.4. The molecule has 1 aromatic heterocycles. The van der Waals surface area contributed by atoms with Crippen molar-refractivity contribution in [2.24, 2.45) is 11.8 Å². The van der Waals surface area contributed by atoms with Gasteiger partial charge in [-0.3, -0.25) is 4.90 Å². The molecule has 0 spiro atoms. The zero-order valence-electron chi connectivity index (χ0n) is 15.9. The minimum atomic E-state index is 0.646. The molecule has 2 aliphatic heterocycles. The van der Waals surface area contributed by atoms with Crippen molar-refractivity contribution in [3.8, 4) is 0 Å². The number of piperidine rings is 1. The quantitative estimate of drug-likeness (QED) is 0.763. The summed E-state index contributed by atoms with van der Waals surface area (Å²) in [6, 6.07) is 4.14. The smallest absolute Gasteiger partial charge is 0.170 e. The van der Waals surface area contributed by atoms with Crippen LogP contribution in [0.25, 0.3) is 0 Å². The van der Waals surface area contributed by atoms with Gasteiger partial charge in [-0.2, -0.15) is 0 Å². The molecule has 0 aromatic carbocycles. The fourth-order valence-electron chi connectivity index (χ4n) is 3.82. The molecule has 0 radical (unpaired) electrons. The highest BCUT2D eigenvalue weighted by atomic mass is 32.1. The van der Waals surface area contributed by atoms with E-state index in [2.05, 4.69) is 51.4 Å². The molecule has 2 N–H and O–H groups in total. The van der Waals surface area contributed by atoms with Crippen molar-refractivity contribution >= 4 is 28.8 Å². The van der Waals surface area contributed by atoms with E-state index in [1.807, 2.05) is 6.20 Å². The predicted octanol–water partition coefficient (Wildman–Crippen LogP) is 2.18. The summed E-state index contributed by atoms with van der Waals surface area (Å²) in [6.45, 7) is 12.3. The number of ether oxygens (including phenoxy) is 1. The lowest BCUT2D eigenvalue weighted by molar-refractivity contribution is 0.0389. The first kappa shape index (κ1) is 19.3. The fraction of sp³-hybridized carbons (Fsp3) is 0.684. The van der Waals surface area contributed by atoms with Gasteiger partial charge in [-0.15, -0.1) is 0 Å². The van der Waals surface area contributed by atoms with E-state index in [1.165, 1.54) is 6.42 Å². The van der Waals surface area contributed by atoms with E-state index in [9.17, 15) is 0 Å². The van der Waals surface area contributed by atoms with Crippen molar-refractivity contribution < 1.29 is 4.74 Å². The third-order valence-corrected chi connectivity index (χ3v) is 5.26. The van der Waals surface area contributed by atoms with Crippen LogP contribution in [0.15, 0.2) is 18.3 Å². The number of aromatic nitrogens is 1. The highest BCUT2D eigenvalue weighted by Crippen LogP contribution is 2.25. The average molecular weight is 378 g/mol. The number of morpholine rings is 1. The molecule has 2 atom stereocenters. The molecular formula is C19H31N5OS. The summed E-state index contributed by atoms with van der Waals surface area (Å²) in [5, 5.41) is 7.14. The molecule has 2 aliphatic rings. The predicted molar refractivity (Wildman–Crippen MR) is 111 cm³/mol. The van der Waals surface area contributed by atoms with Crippen molar-refractivity contribution in [1.29, 1.82) is 0 Å². The lowest BCUT2D eigenvalue weighted by Gasteiger charge is -2.35. The van der Waals surface area contributed by atoms with Crippen molar-refractivity contribution in [2.45, 2.75) is 20.3 Å². The summed E-state index contributed by atoms with van der Waals surface area (Å²) in [4.78, 5) is 9.41. The number of rotatable bonds is 5. The van der Waals surface area contributed by atoms with Gasteiger partial charge in [-0.25, -0.2) is 4.98 Å². The number of hydrogen-bond donors (Lipinski definition) is 2. The van der Waals surface area contributed by atoms with E-state index in [0.717, 1.165) is 75.8 Å². The number of nitrogens with zero attached hydrogens (tertiary/aromatic N) is 3. The summed E-state index contributed by atoms with van der Waals surface area (Å²) in [6.07, 6.45) is 3.18. The molecule has 144 valence electrons. The first-order valence-electron chi connectivity index (χ1n) is 9.66. The Bertz CT molecular complexity index is 566. The van der Waals surface area contributed by atoms with Crippen LogP contribution < -0.4 is 15.5 Å². The van der Waals surface area contributed by atoms with Gasteiger partial charge in [0.15, 0.2) is 5.11 Å². The van der Waals surface area contributed by atoms with Gasteiger partial charge in [0.05, 0.1) is 25.1 Å². The number of hydrogen-bond acceptors (Lipinski definition) is 5. The molecule has 0 unspecified atom stereocenters. The Balaban J connectivity index is 1.42. The van der Waals surface area contributed by atoms with Crippen LogP contribution in [0.4, 0.5) is 11.5 Å². The van der Waals surface area contributed by atoms with Crippen molar-refractivity contribution in [3.63, 3.8) is 0 Å². The zero-order valence-corrected chi connectivity index (χ0v) is 16.7. The van der Waals surface area contributed by atoms with Crippen LogP contribution in [-0.2, 0) is 4.74 Å². The summed E-state index contributed by atoms with van der Waals surface area (Å²) in [5.41, 5.74) is 0.927. The van der Waals surface area contributed by atoms with Crippen molar-refractivity contribution in [1.82, 2.24) is 15.2 Å². The van der Waals surface area contributed by atoms with E-state index < -0.39 is 0 Å². The number of anilines is 2. The summed E-state index contributed by atoms with van der Waals surface area (Å²) in [5.74, 6) is 2.50. The van der Waals surface area contributed by atoms with Gasteiger partial charge >= 0.3 is 0 Å². The summed E-state index contributed by atoms with van der Waals surface area (Å²) >= 11 is 5.39. The Hall–Kier alpha value is -1.44. The van der Waals surface area contributed by atoms with E-state index in [1.54, 1.807) is 0 Å². The highest BCUT2D eigenvalue weighted by Gasteiger charge is 2.22. The molecule has 0 aliphatic carbocycles. The van der Waals surface area contributed by atoms with Crippen LogP contribution in [0.5, 0.6) is 0 Å². The topological polar surface area (TPSA) is 52.7 Å². The maximum Gasteiger partial charge on any atom is 0.170 e. The normalized spacial score (nSPS) is 24.3. The maximum absolute atomic E-state index is 5.39. The van der Waals surface area contributed by atoms with E-state index >= 15 is 0 Å². The van der Waals surface area contributed by atoms with Crippen LogP contribution in [0.2, 0.25) is 0 Å². The third kappa shape index (κ3) is 5.79. The van der Waals surface area contributed by atoms with Crippen LogP contribution >= 0.6 is 12.2 Å². The Kier molecular flexibility index (Phi) is 7.05. The lowest BCUT2D eigenvalue weighted by atomic mass is 9.92. The van der Waals surface area contributed by atoms with Crippen LogP contribution in [-0.4, -0.2) is 67.5 Å². The molecule has 26 heavy (non-hydrogen) atoms. The van der Waals surface area contributed by atoms with Gasteiger partial charge in [0, 0.05) is 39.3 Å². The largest absolute Gasteiger partial charge is 0.379 e. The van der Waals surface area contributed by atoms with Gasteiger partial charge in [-0.05, 0) is 42.6 Å². The highest BCUT2D eigenvalue weighted by molar-refractivity contribution is 7.80. The minimum absolute atomic E-state index is 0.646. The lowest BCUT2D eigenvalue weighted by Crippen LogP contribution is -2.42. The van der Waals surface area contributed by atoms with Gasteiger partial charge in [-0.1, -0.05) is 13.8 Å². The second-order valence-electron chi connectivity index (χ2n) is 7.59. The molecule has 3 heterocycles. The summed E-state index contributed by atoms with van der Waals surface area (Å²) in [7, 11) is 0. The molecule has 0 amide bonds. The monoisotopic (exact) mass is 377 g/mol. The molecule has 2 fully saturated rings. The second-order valence-corrected chi connectivity index (χ2v) is 8.00. The van der Waals surface area contributed by atoms with Gasteiger partial charge in [0.2, 0.25) is 0 Å². The number of pyridine rings is 1. The van der Waals surface area contributed by atoms with Crippen LogP contribution in [0.1, 0.15) is 20.3 Å². The Morgan fingerprint density at radius 1 is 1.23 bits per heavy atom. The fourth-order valence-corrected chi connectivity index (χ4v) is 4.04. The SMILES string of the molecule is C[C@@H]1C[C@H](C)CN(c2ccc(NC(=S)NCCN3CCOCC3)cn2)C1. The molecule has 3 rings (SSSR count). The molecule has 6 nitrogen and oxygen atoms in total. The molecule has 7 heteroatoms. The number of nitrogens with one attached hydrogen (secondary N) is 2. The molecule has 0 bridgehead atoms. The summed E-state index contributed by atoms with van der Waals surface area (Å²) < 4.78 is 5.36. The minimum Gasteiger partial charge on any atom is -0.379 e. The molecular weight excluding hydrogens is 346 g/mol.